The maximum Gasteiger partial charge on any atom is 0.141 e. The van der Waals surface area contributed by atoms with Crippen LogP contribution in [0.5, 0.6) is 0 Å². The van der Waals surface area contributed by atoms with E-state index in [1.807, 2.05) is 13.8 Å². The molecule has 0 saturated heterocycles. The van der Waals surface area contributed by atoms with Gasteiger partial charge in [0.05, 0.1) is 0 Å². The van der Waals surface area contributed by atoms with Crippen LogP contribution in [0, 0.1) is 0 Å². The minimum absolute atomic E-state index is 0.726. The summed E-state index contributed by atoms with van der Waals surface area (Å²) in [5, 5.41) is 0. The molecule has 2 heteroatoms. The zero-order chi connectivity index (χ0) is 7.28. The molecule has 0 aliphatic carbocycles. The van der Waals surface area contributed by atoms with Gasteiger partial charge in [0.1, 0.15) is 12.5 Å². The van der Waals surface area contributed by atoms with Crippen LogP contribution in [0.1, 0.15) is 13.8 Å². The van der Waals surface area contributed by atoms with Gasteiger partial charge in [-0.15, -0.1) is 0 Å². The van der Waals surface area contributed by atoms with Crippen LogP contribution in [0.4, 0.5) is 8.78 Å². The van der Waals surface area contributed by atoms with Gasteiger partial charge in [-0.2, -0.15) is 0 Å². The Labute approximate surface area is 53.9 Å². The third-order valence-corrected chi connectivity index (χ3v) is 0.725. The summed E-state index contributed by atoms with van der Waals surface area (Å²) in [7, 11) is 0. The highest BCUT2D eigenvalue weighted by molar-refractivity contribution is 5.11. The molecule has 0 spiro atoms. The van der Waals surface area contributed by atoms with Crippen LogP contribution >= 0.6 is 0 Å². The maximum atomic E-state index is 11.9. The summed E-state index contributed by atoms with van der Waals surface area (Å²) in [4.78, 5) is 0. The largest absolute Gasteiger partial charge is 0.243 e. The van der Waals surface area contributed by atoms with Crippen molar-refractivity contribution >= 4 is 0 Å². The number of halogens is 2. The van der Waals surface area contributed by atoms with E-state index in [1.54, 1.807) is 0 Å². The second-order valence-electron chi connectivity index (χ2n) is 1.99. The van der Waals surface area contributed by atoms with Gasteiger partial charge in [-0.3, -0.25) is 0 Å². The van der Waals surface area contributed by atoms with Crippen LogP contribution in [0.15, 0.2) is 23.6 Å². The van der Waals surface area contributed by atoms with Crippen LogP contribution in [-0.4, -0.2) is 6.67 Å². The molecule has 0 aliphatic heterocycles. The van der Waals surface area contributed by atoms with E-state index in [0.29, 0.717) is 0 Å². The van der Waals surface area contributed by atoms with Crippen molar-refractivity contribution in [2.24, 2.45) is 0 Å². The molecule has 0 bridgehead atoms. The third-order valence-electron chi connectivity index (χ3n) is 0.725. The highest BCUT2D eigenvalue weighted by atomic mass is 19.2. The van der Waals surface area contributed by atoms with Gasteiger partial charge in [-0.25, -0.2) is 8.78 Å². The van der Waals surface area contributed by atoms with E-state index >= 15 is 0 Å². The summed E-state index contributed by atoms with van der Waals surface area (Å²) in [6.07, 6.45) is 2.67. The molecule has 0 saturated carbocycles. The normalized spacial score (nSPS) is 11.3. The summed E-state index contributed by atoms with van der Waals surface area (Å²) in [6.45, 7) is 2.63. The predicted molar refractivity (Wildman–Crippen MR) is 34.6 cm³/mol. The predicted octanol–water partition coefficient (Wildman–Crippen LogP) is 2.78. The van der Waals surface area contributed by atoms with Crippen molar-refractivity contribution < 1.29 is 8.78 Å². The maximum absolute atomic E-state index is 11.9. The third kappa shape index (κ3) is 5.21. The van der Waals surface area contributed by atoms with Gasteiger partial charge in [0.25, 0.3) is 0 Å². The van der Waals surface area contributed by atoms with Crippen LogP contribution in [0.2, 0.25) is 0 Å². The van der Waals surface area contributed by atoms with Gasteiger partial charge in [0, 0.05) is 0 Å². The number of hydrogen-bond donors (Lipinski definition) is 0. The summed E-state index contributed by atoms with van der Waals surface area (Å²) in [6, 6.07) is 0. The zero-order valence-electron chi connectivity index (χ0n) is 5.62. The van der Waals surface area contributed by atoms with Gasteiger partial charge in [-0.05, 0) is 19.9 Å². The van der Waals surface area contributed by atoms with Crippen LogP contribution in [-0.2, 0) is 0 Å². The van der Waals surface area contributed by atoms with E-state index in [9.17, 15) is 8.78 Å². The topological polar surface area (TPSA) is 0 Å². The average molecular weight is 132 g/mol. The lowest BCUT2D eigenvalue weighted by molar-refractivity contribution is 0.459. The first kappa shape index (κ1) is 8.34. The fourth-order valence-electron chi connectivity index (χ4n) is 0.302. The Bertz CT molecular complexity index is 130. The number of rotatable bonds is 2. The van der Waals surface area contributed by atoms with Crippen molar-refractivity contribution in [2.45, 2.75) is 13.8 Å². The van der Waals surface area contributed by atoms with Crippen LogP contribution in [0.25, 0.3) is 0 Å². The van der Waals surface area contributed by atoms with Gasteiger partial charge in [0.15, 0.2) is 0 Å². The second-order valence-corrected chi connectivity index (χ2v) is 1.99. The summed E-state index contributed by atoms with van der Waals surface area (Å²) >= 11 is 0. The highest BCUT2D eigenvalue weighted by Crippen LogP contribution is 1.98. The van der Waals surface area contributed by atoms with Crippen molar-refractivity contribution in [1.29, 1.82) is 0 Å². The molecular formula is C7H10F2. The molecule has 0 N–H and O–H groups in total. The van der Waals surface area contributed by atoms with E-state index < -0.39 is 12.5 Å². The van der Waals surface area contributed by atoms with Gasteiger partial charge < -0.3 is 0 Å². The average Bonchev–Trinajstić information content (AvgIpc) is 1.83. The van der Waals surface area contributed by atoms with Crippen LogP contribution < -0.4 is 0 Å². The zero-order valence-corrected chi connectivity index (χ0v) is 5.62. The molecule has 0 amide bonds. The minimum Gasteiger partial charge on any atom is -0.243 e. The SMILES string of the molecule is CC(C)=C/C=C(/F)CF. The molecule has 0 fully saturated rings. The summed E-state index contributed by atoms with van der Waals surface area (Å²) in [5.41, 5.74) is 0.957. The van der Waals surface area contributed by atoms with E-state index in [-0.39, 0.29) is 0 Å². The van der Waals surface area contributed by atoms with Crippen molar-refractivity contribution in [1.82, 2.24) is 0 Å². The number of allylic oxidation sites excluding steroid dienone is 4. The van der Waals surface area contributed by atoms with Crippen molar-refractivity contribution in [3.8, 4) is 0 Å². The first-order valence-electron chi connectivity index (χ1n) is 2.72. The molecule has 0 nitrogen and oxygen atoms in total. The lowest BCUT2D eigenvalue weighted by atomic mass is 10.3. The minimum atomic E-state index is -1.01. The molecule has 0 rings (SSSR count). The number of hydrogen-bond acceptors (Lipinski definition) is 0. The Kier molecular flexibility index (Phi) is 3.93. The molecule has 0 aromatic heterocycles. The van der Waals surface area contributed by atoms with Gasteiger partial charge in [-0.1, -0.05) is 11.6 Å². The highest BCUT2D eigenvalue weighted by Gasteiger charge is 1.86. The molecule has 0 heterocycles. The molecule has 52 valence electrons. The Morgan fingerprint density at radius 1 is 1.33 bits per heavy atom. The lowest BCUT2D eigenvalue weighted by Gasteiger charge is -1.84. The Hall–Kier alpha value is -0.660. The first-order chi connectivity index (χ1) is 4.16. The summed E-state index contributed by atoms with van der Waals surface area (Å²) in [5.74, 6) is -0.726. The first-order valence-corrected chi connectivity index (χ1v) is 2.72. The Morgan fingerprint density at radius 2 is 1.89 bits per heavy atom. The van der Waals surface area contributed by atoms with Gasteiger partial charge in [0.2, 0.25) is 0 Å². The fourth-order valence-corrected chi connectivity index (χ4v) is 0.302. The van der Waals surface area contributed by atoms with Gasteiger partial charge >= 0.3 is 0 Å². The lowest BCUT2D eigenvalue weighted by Crippen LogP contribution is -1.72. The molecule has 0 aromatic rings. The Morgan fingerprint density at radius 3 is 2.22 bits per heavy atom. The molecule has 0 radical (unpaired) electrons. The molecule has 0 unspecified atom stereocenters. The van der Waals surface area contributed by atoms with E-state index in [0.717, 1.165) is 11.6 Å². The molecule has 0 aromatic carbocycles. The summed E-state index contributed by atoms with van der Waals surface area (Å²) < 4.78 is 23.3. The van der Waals surface area contributed by atoms with E-state index in [2.05, 4.69) is 0 Å². The monoisotopic (exact) mass is 132 g/mol. The van der Waals surface area contributed by atoms with E-state index in [1.165, 1.54) is 6.08 Å². The Balaban J connectivity index is 3.83. The molecule has 9 heavy (non-hydrogen) atoms. The standard InChI is InChI=1S/C7H10F2/c1-6(2)3-4-7(9)5-8/h3-4H,5H2,1-2H3/b7-4+. The smallest absolute Gasteiger partial charge is 0.141 e. The number of alkyl halides is 1. The molecular weight excluding hydrogens is 122 g/mol. The molecule has 0 aliphatic rings. The van der Waals surface area contributed by atoms with Crippen molar-refractivity contribution in [3.05, 3.63) is 23.6 Å². The quantitative estimate of drug-likeness (QED) is 0.507. The van der Waals surface area contributed by atoms with E-state index in [4.69, 9.17) is 0 Å². The van der Waals surface area contributed by atoms with Crippen molar-refractivity contribution in [2.75, 3.05) is 6.67 Å². The second kappa shape index (κ2) is 4.24. The van der Waals surface area contributed by atoms with Crippen LogP contribution in [0.3, 0.4) is 0 Å². The van der Waals surface area contributed by atoms with Crippen molar-refractivity contribution in [3.63, 3.8) is 0 Å². The fraction of sp³-hybridized carbons (Fsp3) is 0.429. The molecule has 0 atom stereocenters.